The van der Waals surface area contributed by atoms with E-state index < -0.39 is 0 Å². The zero-order valence-corrected chi connectivity index (χ0v) is 20.0. The minimum atomic E-state index is -0.229. The number of amides is 1. The second-order valence-corrected chi connectivity index (χ2v) is 8.99. The van der Waals surface area contributed by atoms with Crippen molar-refractivity contribution in [3.05, 3.63) is 80.7 Å². The second-order valence-electron chi connectivity index (χ2n) is 8.15. The maximum Gasteiger partial charge on any atom is 0.286 e. The molecule has 1 saturated heterocycles. The van der Waals surface area contributed by atoms with Crippen molar-refractivity contribution in [2.24, 2.45) is 0 Å². The summed E-state index contributed by atoms with van der Waals surface area (Å²) in [5.41, 5.74) is 7.58. The van der Waals surface area contributed by atoms with Crippen molar-refractivity contribution in [2.45, 2.75) is 32.6 Å². The molecule has 0 atom stereocenters. The lowest BCUT2D eigenvalue weighted by Crippen LogP contribution is -2.45. The molecular weight excluding hydrogens is 457 g/mol. The first-order chi connectivity index (χ1) is 16.0. The van der Waals surface area contributed by atoms with Crippen LogP contribution in [0.1, 0.15) is 40.9 Å². The molecule has 0 saturated carbocycles. The summed E-state index contributed by atoms with van der Waals surface area (Å²) in [5.74, 6) is -0.229. The van der Waals surface area contributed by atoms with Crippen LogP contribution in [0.5, 0.6) is 0 Å². The lowest BCUT2D eigenvalue weighted by Gasteiger charge is -2.26. The van der Waals surface area contributed by atoms with Gasteiger partial charge < -0.3 is 4.85 Å². The number of piperidine rings is 1. The highest BCUT2D eigenvalue weighted by Gasteiger charge is 2.25. The summed E-state index contributed by atoms with van der Waals surface area (Å²) in [7, 11) is 0. The molecule has 1 aliphatic rings. The van der Waals surface area contributed by atoms with Crippen LogP contribution in [0.15, 0.2) is 42.5 Å². The largest absolute Gasteiger partial charge is 0.317 e. The summed E-state index contributed by atoms with van der Waals surface area (Å²) in [6.07, 6.45) is 4.03. The molecule has 1 fully saturated rings. The number of rotatable bonds is 6. The molecule has 0 unspecified atom stereocenters. The van der Waals surface area contributed by atoms with Crippen LogP contribution in [0.25, 0.3) is 21.8 Å². The van der Waals surface area contributed by atoms with E-state index in [-0.39, 0.29) is 5.91 Å². The Labute approximate surface area is 203 Å². The molecule has 0 bridgehead atoms. The van der Waals surface area contributed by atoms with Crippen LogP contribution in [0, 0.1) is 13.5 Å². The first-order valence-corrected chi connectivity index (χ1v) is 11.8. The van der Waals surface area contributed by atoms with Gasteiger partial charge in [0.25, 0.3) is 5.91 Å². The Morgan fingerprint density at radius 1 is 1.12 bits per heavy atom. The Balaban J connectivity index is 1.76. The summed E-state index contributed by atoms with van der Waals surface area (Å²) in [5, 5.41) is 7.63. The molecule has 33 heavy (non-hydrogen) atoms. The minimum Gasteiger partial charge on any atom is -0.317 e. The van der Waals surface area contributed by atoms with Gasteiger partial charge in [-0.2, -0.15) is 5.10 Å². The molecular formula is C25H25Cl2N5O. The average Bonchev–Trinajstić information content (AvgIpc) is 3.15. The quantitative estimate of drug-likeness (QED) is 0.456. The first kappa shape index (κ1) is 23.3. The molecule has 0 aliphatic carbocycles. The molecule has 1 amide bonds. The fraction of sp³-hybridized carbons (Fsp3) is 0.320. The molecule has 6 nitrogen and oxygen atoms in total. The number of hydrogen-bond acceptors (Lipinski definition) is 3. The third-order valence-electron chi connectivity index (χ3n) is 5.83. The van der Waals surface area contributed by atoms with Crippen molar-refractivity contribution in [3.63, 3.8) is 0 Å². The van der Waals surface area contributed by atoms with Gasteiger partial charge in [0.2, 0.25) is 6.54 Å². The van der Waals surface area contributed by atoms with Crippen LogP contribution < -0.4 is 5.43 Å². The van der Waals surface area contributed by atoms with Gasteiger partial charge in [0.1, 0.15) is 0 Å². The van der Waals surface area contributed by atoms with Gasteiger partial charge in [0.15, 0.2) is 5.69 Å². The summed E-state index contributed by atoms with van der Waals surface area (Å²) in [6.45, 7) is 11.0. The van der Waals surface area contributed by atoms with E-state index in [0.29, 0.717) is 34.4 Å². The van der Waals surface area contributed by atoms with E-state index in [9.17, 15) is 4.79 Å². The Bertz CT molecular complexity index is 1190. The molecule has 0 spiro atoms. The second kappa shape index (κ2) is 10.4. The number of hydrogen-bond donors (Lipinski definition) is 1. The Hall–Kier alpha value is -2.85. The molecule has 2 aromatic carbocycles. The number of carbonyl (C=O) groups excluding carboxylic acids is 1. The molecule has 2 heterocycles. The molecule has 8 heteroatoms. The van der Waals surface area contributed by atoms with Gasteiger partial charge in [-0.25, -0.2) is 16.3 Å². The average molecular weight is 482 g/mol. The van der Waals surface area contributed by atoms with Gasteiger partial charge in [-0.3, -0.25) is 10.2 Å². The molecule has 4 rings (SSSR count). The van der Waals surface area contributed by atoms with Gasteiger partial charge in [-0.05, 0) is 43.5 Å². The third kappa shape index (κ3) is 5.22. The Morgan fingerprint density at radius 2 is 1.85 bits per heavy atom. The lowest BCUT2D eigenvalue weighted by molar-refractivity contribution is 0.0743. The van der Waals surface area contributed by atoms with Gasteiger partial charge in [-0.15, -0.1) is 0 Å². The van der Waals surface area contributed by atoms with Crippen molar-refractivity contribution < 1.29 is 4.79 Å². The standard InChI is InChI=1S/C25H25Cl2N5O/c1-17-23(25(33)30-31-14-4-3-5-15-31)29-32(22-11-10-20(26)16-21(22)27)24(17)19-8-6-18(7-9-19)12-13-28-2/h6-11,16H,3-5,12-15H2,1H3,(H,30,33). The van der Waals surface area contributed by atoms with Gasteiger partial charge in [0.05, 0.1) is 16.4 Å². The number of nitrogens with zero attached hydrogens (tertiary/aromatic N) is 4. The summed E-state index contributed by atoms with van der Waals surface area (Å²) >= 11 is 12.6. The highest BCUT2D eigenvalue weighted by Crippen LogP contribution is 2.33. The molecule has 1 aromatic heterocycles. The highest BCUT2D eigenvalue weighted by atomic mass is 35.5. The molecule has 3 aromatic rings. The molecule has 1 N–H and O–H groups in total. The topological polar surface area (TPSA) is 54.5 Å². The number of halogens is 2. The van der Waals surface area contributed by atoms with Crippen LogP contribution in [0.4, 0.5) is 0 Å². The third-order valence-corrected chi connectivity index (χ3v) is 6.37. The predicted octanol–water partition coefficient (Wildman–Crippen LogP) is 5.75. The number of carbonyl (C=O) groups is 1. The SMILES string of the molecule is [C-]#[N+]CCc1ccc(-c2c(C)c(C(=O)NN3CCCCC3)nn2-c2ccc(Cl)cc2Cl)cc1. The van der Waals surface area contributed by atoms with Crippen LogP contribution in [-0.4, -0.2) is 40.3 Å². The summed E-state index contributed by atoms with van der Waals surface area (Å²) in [4.78, 5) is 16.6. The molecule has 0 radical (unpaired) electrons. The summed E-state index contributed by atoms with van der Waals surface area (Å²) < 4.78 is 1.72. The van der Waals surface area contributed by atoms with Crippen LogP contribution in [0.3, 0.4) is 0 Å². The fourth-order valence-electron chi connectivity index (χ4n) is 4.09. The van der Waals surface area contributed by atoms with E-state index in [4.69, 9.17) is 34.9 Å². The van der Waals surface area contributed by atoms with Gasteiger partial charge >= 0.3 is 0 Å². The van der Waals surface area contributed by atoms with Gasteiger partial charge in [-0.1, -0.05) is 53.9 Å². The highest BCUT2D eigenvalue weighted by molar-refractivity contribution is 6.35. The van der Waals surface area contributed by atoms with E-state index in [1.807, 2.05) is 36.2 Å². The smallest absolute Gasteiger partial charge is 0.286 e. The molecule has 1 aliphatic heterocycles. The van der Waals surface area contributed by atoms with Crippen LogP contribution >= 0.6 is 23.2 Å². The first-order valence-electron chi connectivity index (χ1n) is 11.0. The van der Waals surface area contributed by atoms with Crippen molar-refractivity contribution in [1.82, 2.24) is 20.2 Å². The summed E-state index contributed by atoms with van der Waals surface area (Å²) in [6, 6.07) is 13.2. The van der Waals surface area contributed by atoms with Crippen molar-refractivity contribution >= 4 is 29.1 Å². The Morgan fingerprint density at radius 3 is 2.52 bits per heavy atom. The fourth-order valence-corrected chi connectivity index (χ4v) is 4.58. The number of nitrogens with one attached hydrogen (secondary N) is 1. The van der Waals surface area contributed by atoms with Crippen LogP contribution in [0.2, 0.25) is 10.0 Å². The van der Waals surface area contributed by atoms with Crippen molar-refractivity contribution in [2.75, 3.05) is 19.6 Å². The molecule has 170 valence electrons. The maximum atomic E-state index is 13.2. The predicted molar refractivity (Wildman–Crippen MR) is 132 cm³/mol. The Kier molecular flexibility index (Phi) is 7.34. The normalized spacial score (nSPS) is 14.1. The number of hydrazine groups is 1. The zero-order valence-electron chi connectivity index (χ0n) is 18.4. The minimum absolute atomic E-state index is 0.229. The monoisotopic (exact) mass is 481 g/mol. The van der Waals surface area contributed by atoms with E-state index >= 15 is 0 Å². The lowest BCUT2D eigenvalue weighted by atomic mass is 10.0. The van der Waals surface area contributed by atoms with Gasteiger partial charge in [0, 0.05) is 35.7 Å². The van der Waals surface area contributed by atoms with E-state index in [2.05, 4.69) is 10.3 Å². The van der Waals surface area contributed by atoms with Crippen LogP contribution in [-0.2, 0) is 6.42 Å². The van der Waals surface area contributed by atoms with Crippen molar-refractivity contribution in [1.29, 1.82) is 0 Å². The number of benzene rings is 2. The maximum absolute atomic E-state index is 13.2. The zero-order chi connectivity index (χ0) is 23.4. The van der Waals surface area contributed by atoms with E-state index in [1.165, 1.54) is 6.42 Å². The number of aromatic nitrogens is 2. The van der Waals surface area contributed by atoms with E-state index in [1.54, 1.807) is 22.9 Å². The van der Waals surface area contributed by atoms with Crippen molar-refractivity contribution in [3.8, 4) is 16.9 Å². The van der Waals surface area contributed by atoms with E-state index in [0.717, 1.165) is 48.3 Å².